The number of aromatic nitrogens is 1. The van der Waals surface area contributed by atoms with Gasteiger partial charge in [-0.15, -0.1) is 5.10 Å². The number of thiazole rings is 1. The van der Waals surface area contributed by atoms with Gasteiger partial charge in [0, 0.05) is 12.1 Å². The molecule has 1 aliphatic heterocycles. The molecule has 1 unspecified atom stereocenters. The molecule has 0 amide bonds. The van der Waals surface area contributed by atoms with Crippen LogP contribution in [0.5, 0.6) is 0 Å². The standard InChI is InChI=1S/C15H11N5O4S/c21-14-12(8-9-3-1-4-10(7-9)20(22)23)25-15-17-16-13(18-19(14)15)11-5-2-6-24-11/h1-8,13,16,18H/b12-8-. The Morgan fingerprint density at radius 2 is 2.24 bits per heavy atom. The molecule has 4 rings (SSSR count). The third-order valence-electron chi connectivity index (χ3n) is 3.56. The number of hydrogen-bond donors (Lipinski definition) is 2. The van der Waals surface area contributed by atoms with Crippen LogP contribution in [0.3, 0.4) is 0 Å². The van der Waals surface area contributed by atoms with Gasteiger partial charge in [0.15, 0.2) is 6.17 Å². The number of nitro groups is 1. The fraction of sp³-hybridized carbons (Fsp3) is 0.0667. The van der Waals surface area contributed by atoms with E-state index in [0.29, 0.717) is 20.7 Å². The van der Waals surface area contributed by atoms with E-state index in [0.717, 1.165) is 0 Å². The topological polar surface area (TPSA) is 115 Å². The number of rotatable bonds is 3. The van der Waals surface area contributed by atoms with Crippen LogP contribution in [-0.4, -0.2) is 9.60 Å². The monoisotopic (exact) mass is 357 g/mol. The molecule has 25 heavy (non-hydrogen) atoms. The van der Waals surface area contributed by atoms with Gasteiger partial charge in [0.1, 0.15) is 5.76 Å². The molecule has 0 fully saturated rings. The molecule has 3 heterocycles. The molecule has 0 bridgehead atoms. The zero-order chi connectivity index (χ0) is 17.4. The number of nitrogens with one attached hydrogen (secondary N) is 2. The van der Waals surface area contributed by atoms with Crippen LogP contribution >= 0.6 is 11.3 Å². The lowest BCUT2D eigenvalue weighted by atomic mass is 10.2. The molecule has 3 aromatic rings. The molecule has 0 spiro atoms. The number of fused-ring (bicyclic) bond motifs is 1. The molecule has 9 nitrogen and oxygen atoms in total. The third kappa shape index (κ3) is 2.78. The first-order valence-corrected chi connectivity index (χ1v) is 8.05. The van der Waals surface area contributed by atoms with Crippen molar-refractivity contribution in [1.29, 1.82) is 0 Å². The lowest BCUT2D eigenvalue weighted by Crippen LogP contribution is -2.47. The molecule has 1 atom stereocenters. The van der Waals surface area contributed by atoms with Crippen molar-refractivity contribution in [3.63, 3.8) is 0 Å². The van der Waals surface area contributed by atoms with Crippen molar-refractivity contribution >= 4 is 23.1 Å². The summed E-state index contributed by atoms with van der Waals surface area (Å²) in [5, 5.41) is 15.0. The number of nitrogens with zero attached hydrogens (tertiary/aromatic N) is 3. The minimum Gasteiger partial charge on any atom is -0.465 e. The predicted octanol–water partition coefficient (Wildman–Crippen LogP) is 0.620. The van der Waals surface area contributed by atoms with E-state index in [1.807, 2.05) is 0 Å². The van der Waals surface area contributed by atoms with Crippen LogP contribution in [-0.2, 0) is 0 Å². The Morgan fingerprint density at radius 3 is 3.00 bits per heavy atom. The van der Waals surface area contributed by atoms with Gasteiger partial charge in [-0.2, -0.15) is 4.68 Å². The molecule has 10 heteroatoms. The normalized spacial score (nSPS) is 16.5. The van der Waals surface area contributed by atoms with Gasteiger partial charge in [0.25, 0.3) is 11.2 Å². The van der Waals surface area contributed by atoms with Crippen LogP contribution in [0.1, 0.15) is 17.5 Å². The summed E-state index contributed by atoms with van der Waals surface area (Å²) in [6, 6.07) is 9.59. The highest BCUT2D eigenvalue weighted by Crippen LogP contribution is 2.14. The Kier molecular flexibility index (Phi) is 3.58. The second-order valence-electron chi connectivity index (χ2n) is 5.20. The van der Waals surface area contributed by atoms with Crippen LogP contribution in [0.25, 0.3) is 6.08 Å². The zero-order valence-electron chi connectivity index (χ0n) is 12.6. The zero-order valence-corrected chi connectivity index (χ0v) is 13.4. The predicted molar refractivity (Wildman–Crippen MR) is 90.0 cm³/mol. The van der Waals surface area contributed by atoms with Gasteiger partial charge < -0.3 is 4.42 Å². The summed E-state index contributed by atoms with van der Waals surface area (Å²) in [4.78, 5) is 23.4. The number of benzene rings is 1. The van der Waals surface area contributed by atoms with E-state index in [1.54, 1.807) is 30.3 Å². The van der Waals surface area contributed by atoms with Crippen molar-refractivity contribution in [2.45, 2.75) is 6.17 Å². The largest absolute Gasteiger partial charge is 0.465 e. The molecule has 0 saturated heterocycles. The molecule has 0 aliphatic carbocycles. The van der Waals surface area contributed by atoms with Crippen LogP contribution in [0.4, 0.5) is 5.69 Å². The first kappa shape index (κ1) is 15.1. The van der Waals surface area contributed by atoms with Crippen molar-refractivity contribution in [2.75, 3.05) is 5.43 Å². The summed E-state index contributed by atoms with van der Waals surface area (Å²) in [5.41, 5.74) is 6.12. The second kappa shape index (κ2) is 5.91. The van der Waals surface area contributed by atoms with Gasteiger partial charge in [-0.3, -0.25) is 25.8 Å². The lowest BCUT2D eigenvalue weighted by Gasteiger charge is -2.20. The van der Waals surface area contributed by atoms with Gasteiger partial charge in [-0.05, 0) is 23.8 Å². The van der Waals surface area contributed by atoms with E-state index in [-0.39, 0.29) is 11.2 Å². The highest BCUT2D eigenvalue weighted by atomic mass is 32.1. The Morgan fingerprint density at radius 1 is 1.36 bits per heavy atom. The molecule has 126 valence electrons. The first-order chi connectivity index (χ1) is 12.1. The Hall–Kier alpha value is -3.40. The minimum atomic E-state index is -0.474. The highest BCUT2D eigenvalue weighted by molar-refractivity contribution is 7.07. The molecule has 0 saturated carbocycles. The van der Waals surface area contributed by atoms with Gasteiger partial charge in [0.05, 0.1) is 15.7 Å². The summed E-state index contributed by atoms with van der Waals surface area (Å²) < 4.78 is 7.04. The number of non-ortho nitro benzene ring substituents is 1. The average molecular weight is 357 g/mol. The van der Waals surface area contributed by atoms with E-state index < -0.39 is 11.1 Å². The highest BCUT2D eigenvalue weighted by Gasteiger charge is 2.20. The molecule has 2 N–H and O–H groups in total. The van der Waals surface area contributed by atoms with Crippen LogP contribution in [0.2, 0.25) is 0 Å². The molecule has 1 aromatic carbocycles. The van der Waals surface area contributed by atoms with Crippen molar-refractivity contribution in [3.05, 3.63) is 83.8 Å². The van der Waals surface area contributed by atoms with Gasteiger partial charge in [-0.25, -0.2) is 0 Å². The Balaban J connectivity index is 1.74. The number of furan rings is 1. The van der Waals surface area contributed by atoms with E-state index >= 15 is 0 Å². The van der Waals surface area contributed by atoms with Crippen molar-refractivity contribution in [1.82, 2.24) is 10.1 Å². The number of nitro benzene ring substituents is 1. The summed E-state index contributed by atoms with van der Waals surface area (Å²) in [6.07, 6.45) is 2.68. The molecule has 1 aliphatic rings. The molecular formula is C15H11N5O4S. The fourth-order valence-electron chi connectivity index (χ4n) is 2.40. The minimum absolute atomic E-state index is 0.0301. The van der Waals surface area contributed by atoms with Gasteiger partial charge >= 0.3 is 0 Å². The number of hydrogen-bond acceptors (Lipinski definition) is 8. The SMILES string of the molecule is O=c1/c(=C/c2cccc([N+](=O)[O-])c2)sc2n1NC(c1ccco1)NN=2. The average Bonchev–Trinajstić information content (AvgIpc) is 3.24. The van der Waals surface area contributed by atoms with Crippen molar-refractivity contribution in [3.8, 4) is 0 Å². The maximum absolute atomic E-state index is 12.6. The third-order valence-corrected chi connectivity index (χ3v) is 4.53. The maximum atomic E-state index is 12.6. The molecular weight excluding hydrogens is 346 g/mol. The summed E-state index contributed by atoms with van der Waals surface area (Å²) in [6.45, 7) is 0. The van der Waals surface area contributed by atoms with E-state index in [4.69, 9.17) is 4.42 Å². The lowest BCUT2D eigenvalue weighted by molar-refractivity contribution is -0.384. The van der Waals surface area contributed by atoms with E-state index in [2.05, 4.69) is 16.0 Å². The van der Waals surface area contributed by atoms with Crippen LogP contribution < -0.4 is 25.7 Å². The maximum Gasteiger partial charge on any atom is 0.289 e. The Labute approximate surface area is 143 Å². The smallest absolute Gasteiger partial charge is 0.289 e. The first-order valence-electron chi connectivity index (χ1n) is 7.23. The second-order valence-corrected chi connectivity index (χ2v) is 6.21. The summed E-state index contributed by atoms with van der Waals surface area (Å²) in [7, 11) is 0. The summed E-state index contributed by atoms with van der Waals surface area (Å²) in [5.74, 6) is 0.594. The van der Waals surface area contributed by atoms with E-state index in [1.165, 1.54) is 34.4 Å². The van der Waals surface area contributed by atoms with Crippen molar-refractivity contribution in [2.24, 2.45) is 5.10 Å². The van der Waals surface area contributed by atoms with E-state index in [9.17, 15) is 14.9 Å². The van der Waals surface area contributed by atoms with Crippen LogP contribution in [0.15, 0.2) is 57.0 Å². The molecule has 2 aromatic heterocycles. The van der Waals surface area contributed by atoms with Gasteiger partial charge in [0.2, 0.25) is 4.80 Å². The van der Waals surface area contributed by atoms with Crippen LogP contribution in [0, 0.1) is 10.1 Å². The quantitative estimate of drug-likeness (QED) is 0.525. The summed E-state index contributed by atoms with van der Waals surface area (Å²) >= 11 is 1.17. The Bertz CT molecular complexity index is 1120. The van der Waals surface area contributed by atoms with Gasteiger partial charge in [-0.1, -0.05) is 23.5 Å². The molecule has 0 radical (unpaired) electrons. The van der Waals surface area contributed by atoms with Crippen molar-refractivity contribution < 1.29 is 9.34 Å². The fourth-order valence-corrected chi connectivity index (χ4v) is 3.30.